The molecule has 3 nitrogen and oxygen atoms in total. The van der Waals surface area contributed by atoms with Crippen LogP contribution in [0.1, 0.15) is 28.3 Å². The van der Waals surface area contributed by atoms with Crippen molar-refractivity contribution in [1.29, 1.82) is 0 Å². The molecule has 4 heteroatoms. The largest absolute Gasteiger partial charge is 0.494 e. The van der Waals surface area contributed by atoms with Gasteiger partial charge in [-0.15, -0.1) is 0 Å². The average Bonchev–Trinajstić information content (AvgIpc) is 2.43. The maximum atomic E-state index is 13.9. The number of aryl methyl sites for hydroxylation is 2. The van der Waals surface area contributed by atoms with Crippen LogP contribution in [0.5, 0.6) is 5.75 Å². The Morgan fingerprint density at radius 1 is 1.15 bits per heavy atom. The molecule has 1 unspecified atom stereocenters. The van der Waals surface area contributed by atoms with Crippen LogP contribution in [-0.2, 0) is 0 Å². The Hall–Kier alpha value is -1.91. The van der Waals surface area contributed by atoms with Crippen molar-refractivity contribution >= 4 is 0 Å². The number of benzene rings is 2. The monoisotopic (exact) mass is 274 g/mol. The second-order valence-corrected chi connectivity index (χ2v) is 4.80. The van der Waals surface area contributed by atoms with E-state index in [1.165, 1.54) is 13.2 Å². The summed E-state index contributed by atoms with van der Waals surface area (Å²) >= 11 is 0. The molecule has 20 heavy (non-hydrogen) atoms. The predicted molar refractivity (Wildman–Crippen MR) is 78.0 cm³/mol. The van der Waals surface area contributed by atoms with Gasteiger partial charge in [-0.2, -0.15) is 0 Å². The van der Waals surface area contributed by atoms with Crippen LogP contribution in [0.2, 0.25) is 0 Å². The first-order valence-electron chi connectivity index (χ1n) is 6.44. The summed E-state index contributed by atoms with van der Waals surface area (Å²) in [5.74, 6) is 5.53. The molecule has 0 aromatic heterocycles. The maximum absolute atomic E-state index is 13.9. The quantitative estimate of drug-likeness (QED) is 0.665. The lowest BCUT2D eigenvalue weighted by molar-refractivity contribution is 0.385. The molecule has 0 heterocycles. The number of nitrogens with one attached hydrogen (secondary N) is 1. The fraction of sp³-hybridized carbons (Fsp3) is 0.250. The normalized spacial score (nSPS) is 12.2. The van der Waals surface area contributed by atoms with Crippen LogP contribution in [0.15, 0.2) is 36.4 Å². The fourth-order valence-corrected chi connectivity index (χ4v) is 2.49. The molecule has 2 aromatic rings. The molecule has 0 aliphatic carbocycles. The Kier molecular flexibility index (Phi) is 4.37. The van der Waals surface area contributed by atoms with Gasteiger partial charge in [0.1, 0.15) is 0 Å². The van der Waals surface area contributed by atoms with Crippen molar-refractivity contribution in [3.63, 3.8) is 0 Å². The van der Waals surface area contributed by atoms with E-state index >= 15 is 0 Å². The maximum Gasteiger partial charge on any atom is 0.165 e. The molecule has 0 aliphatic rings. The Labute approximate surface area is 118 Å². The zero-order valence-corrected chi connectivity index (χ0v) is 11.9. The Morgan fingerprint density at radius 2 is 1.80 bits per heavy atom. The highest BCUT2D eigenvalue weighted by molar-refractivity contribution is 5.43. The Bertz CT molecular complexity index is 593. The Balaban J connectivity index is 2.50. The fourth-order valence-electron chi connectivity index (χ4n) is 2.49. The molecule has 106 valence electrons. The molecule has 0 saturated carbocycles. The average molecular weight is 274 g/mol. The van der Waals surface area contributed by atoms with Crippen LogP contribution in [-0.4, -0.2) is 7.11 Å². The molecule has 1 atom stereocenters. The first kappa shape index (κ1) is 14.5. The molecule has 0 spiro atoms. The van der Waals surface area contributed by atoms with Gasteiger partial charge in [0.25, 0.3) is 0 Å². The third-order valence-corrected chi connectivity index (χ3v) is 3.51. The van der Waals surface area contributed by atoms with E-state index in [0.717, 1.165) is 22.3 Å². The van der Waals surface area contributed by atoms with E-state index in [-0.39, 0.29) is 11.8 Å². The molecule has 3 N–H and O–H groups in total. The highest BCUT2D eigenvalue weighted by Gasteiger charge is 2.18. The van der Waals surface area contributed by atoms with E-state index in [1.807, 2.05) is 38.1 Å². The number of halogens is 1. The lowest BCUT2D eigenvalue weighted by atomic mass is 9.91. The highest BCUT2D eigenvalue weighted by Crippen LogP contribution is 2.29. The standard InChI is InChI=1S/C16H19FN2O/c1-10-5-4-6-11(2)15(10)16(19-18)12-7-8-14(20-3)13(17)9-12/h4-9,16,19H,18H2,1-3H3. The number of hydrogen-bond donors (Lipinski definition) is 2. The molecule has 0 bridgehead atoms. The lowest BCUT2D eigenvalue weighted by Crippen LogP contribution is -2.30. The zero-order valence-electron chi connectivity index (χ0n) is 11.9. The number of ether oxygens (including phenoxy) is 1. The summed E-state index contributed by atoms with van der Waals surface area (Å²) in [5, 5.41) is 0. The summed E-state index contributed by atoms with van der Waals surface area (Å²) in [4.78, 5) is 0. The summed E-state index contributed by atoms with van der Waals surface area (Å²) in [6, 6.07) is 10.7. The molecular weight excluding hydrogens is 255 g/mol. The SMILES string of the molecule is COc1ccc(C(NN)c2c(C)cccc2C)cc1F. The third-order valence-electron chi connectivity index (χ3n) is 3.51. The van der Waals surface area contributed by atoms with Gasteiger partial charge in [-0.3, -0.25) is 5.84 Å². The smallest absolute Gasteiger partial charge is 0.165 e. The zero-order chi connectivity index (χ0) is 14.7. The van der Waals surface area contributed by atoms with Crippen LogP contribution in [0.4, 0.5) is 4.39 Å². The van der Waals surface area contributed by atoms with Crippen molar-refractivity contribution in [2.75, 3.05) is 7.11 Å². The molecule has 0 amide bonds. The van der Waals surface area contributed by atoms with Gasteiger partial charge in [0, 0.05) is 0 Å². The van der Waals surface area contributed by atoms with Crippen LogP contribution >= 0.6 is 0 Å². The van der Waals surface area contributed by atoms with E-state index < -0.39 is 5.82 Å². The Morgan fingerprint density at radius 3 is 2.30 bits per heavy atom. The van der Waals surface area contributed by atoms with Crippen LogP contribution in [0.3, 0.4) is 0 Å². The second-order valence-electron chi connectivity index (χ2n) is 4.80. The van der Waals surface area contributed by atoms with Crippen molar-refractivity contribution in [3.8, 4) is 5.75 Å². The van der Waals surface area contributed by atoms with Crippen molar-refractivity contribution in [2.24, 2.45) is 5.84 Å². The first-order chi connectivity index (χ1) is 9.58. The first-order valence-corrected chi connectivity index (χ1v) is 6.44. The van der Waals surface area contributed by atoms with Crippen LogP contribution < -0.4 is 16.0 Å². The number of rotatable bonds is 4. The molecule has 0 aliphatic heterocycles. The van der Waals surface area contributed by atoms with Gasteiger partial charge < -0.3 is 4.74 Å². The third kappa shape index (κ3) is 2.66. The predicted octanol–water partition coefficient (Wildman–Crippen LogP) is 3.00. The van der Waals surface area contributed by atoms with E-state index in [0.29, 0.717) is 0 Å². The van der Waals surface area contributed by atoms with E-state index in [1.54, 1.807) is 6.07 Å². The van der Waals surface area contributed by atoms with Gasteiger partial charge in [-0.1, -0.05) is 24.3 Å². The van der Waals surface area contributed by atoms with Gasteiger partial charge in [-0.25, -0.2) is 9.82 Å². The molecule has 2 rings (SSSR count). The number of hydrazine groups is 1. The van der Waals surface area contributed by atoms with Gasteiger partial charge in [0.2, 0.25) is 0 Å². The minimum Gasteiger partial charge on any atom is -0.494 e. The van der Waals surface area contributed by atoms with Crippen LogP contribution in [0, 0.1) is 19.7 Å². The van der Waals surface area contributed by atoms with Crippen LogP contribution in [0.25, 0.3) is 0 Å². The van der Waals surface area contributed by atoms with E-state index in [4.69, 9.17) is 10.6 Å². The topological polar surface area (TPSA) is 47.3 Å². The molecular formula is C16H19FN2O. The minimum atomic E-state index is -0.392. The summed E-state index contributed by atoms with van der Waals surface area (Å²) in [6.45, 7) is 4.04. The number of nitrogens with two attached hydrogens (primary N) is 1. The van der Waals surface area contributed by atoms with E-state index in [2.05, 4.69) is 5.43 Å². The van der Waals surface area contributed by atoms with Crippen molar-refractivity contribution in [1.82, 2.24) is 5.43 Å². The van der Waals surface area contributed by atoms with Crippen molar-refractivity contribution < 1.29 is 9.13 Å². The summed E-state index contributed by atoms with van der Waals surface area (Å²) in [5.41, 5.74) is 6.84. The lowest BCUT2D eigenvalue weighted by Gasteiger charge is -2.21. The van der Waals surface area contributed by atoms with Gasteiger partial charge >= 0.3 is 0 Å². The number of hydrogen-bond acceptors (Lipinski definition) is 3. The molecule has 0 fully saturated rings. The summed E-state index contributed by atoms with van der Waals surface area (Å²) in [7, 11) is 1.45. The van der Waals surface area contributed by atoms with E-state index in [9.17, 15) is 4.39 Å². The molecule has 0 radical (unpaired) electrons. The van der Waals surface area contributed by atoms with Gasteiger partial charge in [0.05, 0.1) is 13.2 Å². The summed E-state index contributed by atoms with van der Waals surface area (Å²) in [6.07, 6.45) is 0. The van der Waals surface area contributed by atoms with Crippen molar-refractivity contribution in [2.45, 2.75) is 19.9 Å². The van der Waals surface area contributed by atoms with Gasteiger partial charge in [0.15, 0.2) is 11.6 Å². The highest BCUT2D eigenvalue weighted by atomic mass is 19.1. The molecule has 2 aromatic carbocycles. The minimum absolute atomic E-state index is 0.228. The summed E-state index contributed by atoms with van der Waals surface area (Å²) < 4.78 is 18.8. The van der Waals surface area contributed by atoms with Gasteiger partial charge in [-0.05, 0) is 48.2 Å². The molecule has 0 saturated heterocycles. The number of methoxy groups -OCH3 is 1. The second kappa shape index (κ2) is 6.03. The van der Waals surface area contributed by atoms with Crippen molar-refractivity contribution in [3.05, 3.63) is 64.5 Å².